The van der Waals surface area contributed by atoms with E-state index in [1.165, 1.54) is 17.4 Å². The number of rotatable bonds is 4. The van der Waals surface area contributed by atoms with Gasteiger partial charge in [-0.15, -0.1) is 11.3 Å². The topological polar surface area (TPSA) is 61.7 Å². The molecule has 2 N–H and O–H groups in total. The van der Waals surface area contributed by atoms with Crippen LogP contribution in [-0.4, -0.2) is 16.7 Å². The van der Waals surface area contributed by atoms with Crippen LogP contribution in [0.5, 0.6) is 5.75 Å². The highest BCUT2D eigenvalue weighted by molar-refractivity contribution is 7.10. The fourth-order valence-corrected chi connectivity index (χ4v) is 2.49. The molecule has 4 nitrogen and oxygen atoms in total. The van der Waals surface area contributed by atoms with E-state index < -0.39 is 0 Å². The van der Waals surface area contributed by atoms with Gasteiger partial charge in [0.1, 0.15) is 5.75 Å². The van der Waals surface area contributed by atoms with Gasteiger partial charge in [0.2, 0.25) is 5.91 Å². The lowest BCUT2D eigenvalue weighted by molar-refractivity contribution is -0.120. The maximum atomic E-state index is 11.7. The molecule has 2 aromatic rings. The number of nitrogens with one attached hydrogen (secondary N) is 1. The van der Waals surface area contributed by atoms with E-state index in [1.807, 2.05) is 17.5 Å². The summed E-state index contributed by atoms with van der Waals surface area (Å²) in [5, 5.41) is 16.1. The second-order valence-electron chi connectivity index (χ2n) is 4.15. The number of phenolic OH excluding ortho intramolecular Hbond substituents is 1. The first kappa shape index (κ1) is 14.6. The number of halogens is 1. The number of aromatic hydroxyl groups is 1. The molecule has 0 aliphatic heterocycles. The van der Waals surface area contributed by atoms with Gasteiger partial charge in [-0.05, 0) is 36.6 Å². The van der Waals surface area contributed by atoms with Crippen molar-refractivity contribution in [2.45, 2.75) is 13.3 Å². The number of carbonyl (C=O) groups is 1. The second-order valence-corrected chi connectivity index (χ2v) is 5.62. The van der Waals surface area contributed by atoms with E-state index in [0.717, 1.165) is 4.88 Å². The molecule has 0 aliphatic carbocycles. The number of hydrazone groups is 1. The molecule has 1 aromatic heterocycles. The van der Waals surface area contributed by atoms with Crippen molar-refractivity contribution < 1.29 is 9.90 Å². The zero-order chi connectivity index (χ0) is 14.5. The summed E-state index contributed by atoms with van der Waals surface area (Å²) in [6.07, 6.45) is 0.288. The summed E-state index contributed by atoms with van der Waals surface area (Å²) in [5.41, 5.74) is 3.45. The maximum absolute atomic E-state index is 11.7. The van der Waals surface area contributed by atoms with Crippen LogP contribution in [0.1, 0.15) is 17.4 Å². The first-order valence-electron chi connectivity index (χ1n) is 5.90. The SMILES string of the molecule is CC(=NNC(=O)Cc1cccs1)c1cc(Cl)ccc1O. The van der Waals surface area contributed by atoms with Crippen molar-refractivity contribution in [3.05, 3.63) is 51.2 Å². The minimum Gasteiger partial charge on any atom is -0.507 e. The fraction of sp³-hybridized carbons (Fsp3) is 0.143. The Labute approximate surface area is 125 Å². The number of benzene rings is 1. The standard InChI is InChI=1S/C14H13ClN2O2S/c1-9(12-7-10(15)4-5-13(12)18)16-17-14(19)8-11-3-2-6-20-11/h2-7,18H,8H2,1H3,(H,17,19). The van der Waals surface area contributed by atoms with Crippen molar-refractivity contribution in [1.29, 1.82) is 0 Å². The minimum absolute atomic E-state index is 0.0724. The molecular formula is C14H13ClN2O2S. The van der Waals surface area contributed by atoms with Crippen molar-refractivity contribution in [1.82, 2.24) is 5.43 Å². The number of amides is 1. The first-order chi connectivity index (χ1) is 9.56. The molecular weight excluding hydrogens is 296 g/mol. The largest absolute Gasteiger partial charge is 0.507 e. The molecule has 0 aliphatic rings. The number of hydrogen-bond donors (Lipinski definition) is 2. The third kappa shape index (κ3) is 3.82. The third-order valence-electron chi connectivity index (χ3n) is 2.61. The van der Waals surface area contributed by atoms with Crippen LogP contribution in [-0.2, 0) is 11.2 Å². The Morgan fingerprint density at radius 1 is 1.45 bits per heavy atom. The number of carbonyl (C=O) groups excluding carboxylic acids is 1. The van der Waals surface area contributed by atoms with E-state index in [2.05, 4.69) is 10.5 Å². The van der Waals surface area contributed by atoms with Crippen molar-refractivity contribution in [2.24, 2.45) is 5.10 Å². The number of phenols is 1. The van der Waals surface area contributed by atoms with Crippen LogP contribution in [0.15, 0.2) is 40.8 Å². The van der Waals surface area contributed by atoms with Gasteiger partial charge in [-0.1, -0.05) is 17.7 Å². The molecule has 6 heteroatoms. The van der Waals surface area contributed by atoms with Crippen LogP contribution < -0.4 is 5.43 Å². The summed E-state index contributed by atoms with van der Waals surface area (Å²) in [4.78, 5) is 12.7. The fourth-order valence-electron chi connectivity index (χ4n) is 1.62. The molecule has 2 rings (SSSR count). The number of thiophene rings is 1. The summed E-state index contributed by atoms with van der Waals surface area (Å²) in [5.74, 6) is -0.128. The van der Waals surface area contributed by atoms with Crippen LogP contribution in [0.2, 0.25) is 5.02 Å². The van der Waals surface area contributed by atoms with Gasteiger partial charge >= 0.3 is 0 Å². The molecule has 0 unspecified atom stereocenters. The molecule has 0 saturated heterocycles. The van der Waals surface area contributed by atoms with Crippen molar-refractivity contribution in [3.63, 3.8) is 0 Å². The summed E-state index contributed by atoms with van der Waals surface area (Å²) in [6, 6.07) is 8.46. The van der Waals surface area contributed by atoms with Crippen LogP contribution in [0.25, 0.3) is 0 Å². The van der Waals surface area contributed by atoms with E-state index in [4.69, 9.17) is 11.6 Å². The summed E-state index contributed by atoms with van der Waals surface area (Å²) in [6.45, 7) is 1.69. The van der Waals surface area contributed by atoms with Crippen LogP contribution in [0, 0.1) is 0 Å². The molecule has 0 saturated carbocycles. The second kappa shape index (κ2) is 6.54. The zero-order valence-corrected chi connectivity index (χ0v) is 12.3. The Balaban J connectivity index is 2.03. The maximum Gasteiger partial charge on any atom is 0.245 e. The van der Waals surface area contributed by atoms with Crippen LogP contribution >= 0.6 is 22.9 Å². The molecule has 0 atom stereocenters. The molecule has 0 radical (unpaired) electrons. The predicted molar refractivity (Wildman–Crippen MR) is 81.5 cm³/mol. The Morgan fingerprint density at radius 2 is 2.25 bits per heavy atom. The lowest BCUT2D eigenvalue weighted by Crippen LogP contribution is -2.20. The zero-order valence-electron chi connectivity index (χ0n) is 10.8. The Morgan fingerprint density at radius 3 is 2.95 bits per heavy atom. The van der Waals surface area contributed by atoms with Gasteiger partial charge in [0.05, 0.1) is 12.1 Å². The van der Waals surface area contributed by atoms with Gasteiger partial charge in [-0.25, -0.2) is 5.43 Å². The molecule has 0 spiro atoms. The highest BCUT2D eigenvalue weighted by atomic mass is 35.5. The van der Waals surface area contributed by atoms with Gasteiger partial charge in [-0.3, -0.25) is 4.79 Å². The quantitative estimate of drug-likeness (QED) is 0.673. The van der Waals surface area contributed by atoms with E-state index >= 15 is 0 Å². The first-order valence-corrected chi connectivity index (χ1v) is 7.16. The lowest BCUT2D eigenvalue weighted by atomic mass is 10.1. The Bertz CT molecular complexity index is 639. The van der Waals surface area contributed by atoms with Gasteiger partial charge in [0.25, 0.3) is 0 Å². The van der Waals surface area contributed by atoms with Crippen molar-refractivity contribution in [2.75, 3.05) is 0 Å². The Hall–Kier alpha value is -1.85. The predicted octanol–water partition coefficient (Wildman–Crippen LogP) is 3.19. The van der Waals surface area contributed by atoms with E-state index in [0.29, 0.717) is 16.3 Å². The normalized spacial score (nSPS) is 11.4. The number of nitrogens with zero attached hydrogens (tertiary/aromatic N) is 1. The van der Waals surface area contributed by atoms with Crippen LogP contribution in [0.4, 0.5) is 0 Å². The monoisotopic (exact) mass is 308 g/mol. The molecule has 1 heterocycles. The van der Waals surface area contributed by atoms with Gasteiger partial charge in [0, 0.05) is 15.5 Å². The average Bonchev–Trinajstić information content (AvgIpc) is 2.91. The molecule has 1 aromatic carbocycles. The van der Waals surface area contributed by atoms with Gasteiger partial charge in [-0.2, -0.15) is 5.10 Å². The molecule has 0 bridgehead atoms. The molecule has 20 heavy (non-hydrogen) atoms. The van der Waals surface area contributed by atoms with Crippen LogP contribution in [0.3, 0.4) is 0 Å². The minimum atomic E-state index is -0.201. The van der Waals surface area contributed by atoms with Gasteiger partial charge in [0.15, 0.2) is 0 Å². The summed E-state index contributed by atoms with van der Waals surface area (Å²) < 4.78 is 0. The smallest absolute Gasteiger partial charge is 0.245 e. The summed E-state index contributed by atoms with van der Waals surface area (Å²) >= 11 is 7.39. The average molecular weight is 309 g/mol. The van der Waals surface area contributed by atoms with E-state index in [1.54, 1.807) is 19.1 Å². The highest BCUT2D eigenvalue weighted by Crippen LogP contribution is 2.22. The van der Waals surface area contributed by atoms with E-state index in [9.17, 15) is 9.90 Å². The van der Waals surface area contributed by atoms with E-state index in [-0.39, 0.29) is 18.1 Å². The van der Waals surface area contributed by atoms with Crippen molar-refractivity contribution in [3.8, 4) is 5.75 Å². The number of hydrogen-bond acceptors (Lipinski definition) is 4. The molecule has 0 fully saturated rings. The highest BCUT2D eigenvalue weighted by Gasteiger charge is 2.07. The van der Waals surface area contributed by atoms with Crippen molar-refractivity contribution >= 4 is 34.6 Å². The third-order valence-corrected chi connectivity index (χ3v) is 3.72. The van der Waals surface area contributed by atoms with Gasteiger partial charge < -0.3 is 5.11 Å². The molecule has 104 valence electrons. The summed E-state index contributed by atoms with van der Waals surface area (Å²) in [7, 11) is 0. The molecule has 1 amide bonds. The lowest BCUT2D eigenvalue weighted by Gasteiger charge is -2.05. The Kier molecular flexibility index (Phi) is 4.76.